The first-order valence-electron chi connectivity index (χ1n) is 5.76. The molecule has 0 saturated heterocycles. The molecule has 1 rings (SSSR count). The molecule has 0 aliphatic rings. The third kappa shape index (κ3) is 4.00. The van der Waals surface area contributed by atoms with Gasteiger partial charge in [-0.25, -0.2) is 4.39 Å². The summed E-state index contributed by atoms with van der Waals surface area (Å²) in [5, 5.41) is 3.48. The van der Waals surface area contributed by atoms with E-state index in [1.165, 1.54) is 30.5 Å². The number of rotatable bonds is 6. The molecule has 1 unspecified atom stereocenters. The van der Waals surface area contributed by atoms with Crippen LogP contribution in [0.5, 0.6) is 0 Å². The first kappa shape index (κ1) is 12.2. The Morgan fingerprint density at radius 1 is 1.20 bits per heavy atom. The molecule has 0 fully saturated rings. The van der Waals surface area contributed by atoms with Crippen LogP contribution in [0.2, 0.25) is 0 Å². The van der Waals surface area contributed by atoms with Gasteiger partial charge in [0.05, 0.1) is 0 Å². The van der Waals surface area contributed by atoms with Crippen LogP contribution in [0, 0.1) is 5.82 Å². The highest BCUT2D eigenvalue weighted by Crippen LogP contribution is 2.16. The molecule has 0 aliphatic carbocycles. The first-order valence-corrected chi connectivity index (χ1v) is 5.76. The molecule has 1 aromatic rings. The third-order valence-electron chi connectivity index (χ3n) is 2.60. The van der Waals surface area contributed by atoms with Crippen molar-refractivity contribution in [3.8, 4) is 0 Å². The van der Waals surface area contributed by atoms with Crippen molar-refractivity contribution in [2.24, 2.45) is 0 Å². The zero-order valence-electron chi connectivity index (χ0n) is 9.59. The maximum atomic E-state index is 12.7. The average Bonchev–Trinajstić information content (AvgIpc) is 2.26. The van der Waals surface area contributed by atoms with Gasteiger partial charge < -0.3 is 5.32 Å². The van der Waals surface area contributed by atoms with E-state index < -0.39 is 0 Å². The molecule has 15 heavy (non-hydrogen) atoms. The van der Waals surface area contributed by atoms with Crippen LogP contribution in [0.1, 0.15) is 44.7 Å². The van der Waals surface area contributed by atoms with E-state index in [2.05, 4.69) is 19.2 Å². The quantitative estimate of drug-likeness (QED) is 0.705. The van der Waals surface area contributed by atoms with Gasteiger partial charge in [0, 0.05) is 6.04 Å². The van der Waals surface area contributed by atoms with Crippen LogP contribution in [0.25, 0.3) is 0 Å². The van der Waals surface area contributed by atoms with E-state index in [4.69, 9.17) is 0 Å². The van der Waals surface area contributed by atoms with Crippen molar-refractivity contribution in [1.29, 1.82) is 0 Å². The van der Waals surface area contributed by atoms with Gasteiger partial charge in [-0.2, -0.15) is 0 Å². The minimum absolute atomic E-state index is 0.165. The zero-order valence-corrected chi connectivity index (χ0v) is 9.59. The number of hydrogen-bond donors (Lipinski definition) is 1. The molecule has 0 heterocycles. The lowest BCUT2D eigenvalue weighted by Gasteiger charge is -2.17. The van der Waals surface area contributed by atoms with Crippen LogP contribution < -0.4 is 5.32 Å². The Labute approximate surface area is 91.7 Å². The summed E-state index contributed by atoms with van der Waals surface area (Å²) >= 11 is 0. The van der Waals surface area contributed by atoms with E-state index in [-0.39, 0.29) is 5.82 Å². The molecule has 0 spiro atoms. The number of unbranched alkanes of at least 4 members (excludes halogenated alkanes) is 1. The van der Waals surface area contributed by atoms with E-state index in [1.54, 1.807) is 0 Å². The van der Waals surface area contributed by atoms with Gasteiger partial charge in [0.2, 0.25) is 0 Å². The molecular formula is C13H20FN. The van der Waals surface area contributed by atoms with Crippen molar-refractivity contribution in [2.45, 2.75) is 39.2 Å². The van der Waals surface area contributed by atoms with Crippen LogP contribution in [0.3, 0.4) is 0 Å². The predicted molar refractivity (Wildman–Crippen MR) is 62.3 cm³/mol. The fraction of sp³-hybridized carbons (Fsp3) is 0.538. The van der Waals surface area contributed by atoms with Gasteiger partial charge in [0.15, 0.2) is 0 Å². The van der Waals surface area contributed by atoms with Crippen LogP contribution in [-0.4, -0.2) is 6.54 Å². The molecule has 84 valence electrons. The van der Waals surface area contributed by atoms with Gasteiger partial charge in [-0.15, -0.1) is 0 Å². The number of hydrogen-bond acceptors (Lipinski definition) is 1. The molecule has 1 nitrogen and oxygen atoms in total. The maximum Gasteiger partial charge on any atom is 0.123 e. The SMILES string of the molecule is CCCCNC(CC)c1ccc(F)cc1. The molecule has 1 atom stereocenters. The molecule has 0 aliphatic heterocycles. The van der Waals surface area contributed by atoms with Crippen molar-refractivity contribution in [2.75, 3.05) is 6.54 Å². The summed E-state index contributed by atoms with van der Waals surface area (Å²) < 4.78 is 12.7. The second-order valence-electron chi connectivity index (χ2n) is 3.82. The summed E-state index contributed by atoms with van der Waals surface area (Å²) in [7, 11) is 0. The highest BCUT2D eigenvalue weighted by atomic mass is 19.1. The Kier molecular flexibility index (Phi) is 5.33. The van der Waals surface area contributed by atoms with Gasteiger partial charge in [0.1, 0.15) is 5.82 Å². The Bertz CT molecular complexity index is 268. The molecule has 2 heteroatoms. The van der Waals surface area contributed by atoms with Gasteiger partial charge >= 0.3 is 0 Å². The van der Waals surface area contributed by atoms with Gasteiger partial charge in [0.25, 0.3) is 0 Å². The molecule has 0 aromatic heterocycles. The minimum atomic E-state index is -0.165. The van der Waals surface area contributed by atoms with Crippen LogP contribution >= 0.6 is 0 Å². The van der Waals surface area contributed by atoms with Crippen molar-refractivity contribution in [3.63, 3.8) is 0 Å². The van der Waals surface area contributed by atoms with Crippen molar-refractivity contribution in [1.82, 2.24) is 5.32 Å². The number of nitrogens with one attached hydrogen (secondary N) is 1. The lowest BCUT2D eigenvalue weighted by Crippen LogP contribution is -2.21. The van der Waals surface area contributed by atoms with Crippen molar-refractivity contribution in [3.05, 3.63) is 35.6 Å². The summed E-state index contributed by atoms with van der Waals surface area (Å²) in [4.78, 5) is 0. The summed E-state index contributed by atoms with van der Waals surface area (Å²) in [6, 6.07) is 7.14. The van der Waals surface area contributed by atoms with E-state index in [9.17, 15) is 4.39 Å². The van der Waals surface area contributed by atoms with Crippen LogP contribution in [-0.2, 0) is 0 Å². The number of benzene rings is 1. The normalized spacial score (nSPS) is 12.7. The fourth-order valence-electron chi connectivity index (χ4n) is 1.65. The van der Waals surface area contributed by atoms with Crippen molar-refractivity contribution < 1.29 is 4.39 Å². The standard InChI is InChI=1S/C13H20FN/c1-3-5-10-15-13(4-2)11-6-8-12(14)9-7-11/h6-9,13,15H,3-5,10H2,1-2H3. The third-order valence-corrected chi connectivity index (χ3v) is 2.60. The molecular weight excluding hydrogens is 189 g/mol. The van der Waals surface area contributed by atoms with E-state index in [1.807, 2.05) is 12.1 Å². The lowest BCUT2D eigenvalue weighted by molar-refractivity contribution is 0.507. The topological polar surface area (TPSA) is 12.0 Å². The predicted octanol–water partition coefficient (Wildman–Crippen LogP) is 3.67. The monoisotopic (exact) mass is 209 g/mol. The lowest BCUT2D eigenvalue weighted by atomic mass is 10.0. The first-order chi connectivity index (χ1) is 7.27. The summed E-state index contributed by atoms with van der Waals surface area (Å²) in [6.45, 7) is 5.36. The van der Waals surface area contributed by atoms with E-state index in [0.29, 0.717) is 6.04 Å². The van der Waals surface area contributed by atoms with Crippen molar-refractivity contribution >= 4 is 0 Å². The van der Waals surface area contributed by atoms with E-state index in [0.717, 1.165) is 13.0 Å². The summed E-state index contributed by atoms with van der Waals surface area (Å²) in [6.07, 6.45) is 3.43. The zero-order chi connectivity index (χ0) is 11.1. The Hall–Kier alpha value is -0.890. The molecule has 0 bridgehead atoms. The second kappa shape index (κ2) is 6.57. The van der Waals surface area contributed by atoms with Crippen LogP contribution in [0.4, 0.5) is 4.39 Å². The molecule has 1 N–H and O–H groups in total. The Morgan fingerprint density at radius 3 is 2.40 bits per heavy atom. The number of halogens is 1. The summed E-state index contributed by atoms with van der Waals surface area (Å²) in [5.41, 5.74) is 1.18. The highest BCUT2D eigenvalue weighted by Gasteiger charge is 2.07. The molecule has 0 amide bonds. The largest absolute Gasteiger partial charge is 0.310 e. The highest BCUT2D eigenvalue weighted by molar-refractivity contribution is 5.19. The minimum Gasteiger partial charge on any atom is -0.310 e. The van der Waals surface area contributed by atoms with Gasteiger partial charge in [-0.05, 0) is 37.1 Å². The maximum absolute atomic E-state index is 12.7. The molecule has 1 aromatic carbocycles. The molecule has 0 saturated carbocycles. The van der Waals surface area contributed by atoms with Gasteiger partial charge in [-0.3, -0.25) is 0 Å². The Morgan fingerprint density at radius 2 is 1.87 bits per heavy atom. The van der Waals surface area contributed by atoms with Crippen LogP contribution in [0.15, 0.2) is 24.3 Å². The summed E-state index contributed by atoms with van der Waals surface area (Å²) in [5.74, 6) is -0.165. The van der Waals surface area contributed by atoms with Gasteiger partial charge in [-0.1, -0.05) is 32.4 Å². The average molecular weight is 209 g/mol. The smallest absolute Gasteiger partial charge is 0.123 e. The Balaban J connectivity index is 2.53. The molecule has 0 radical (unpaired) electrons. The fourth-order valence-corrected chi connectivity index (χ4v) is 1.65. The van der Waals surface area contributed by atoms with E-state index >= 15 is 0 Å². The second-order valence-corrected chi connectivity index (χ2v) is 3.82.